The summed E-state index contributed by atoms with van der Waals surface area (Å²) >= 11 is 0. The van der Waals surface area contributed by atoms with Crippen molar-refractivity contribution in [3.05, 3.63) is 89.9 Å². The van der Waals surface area contributed by atoms with Gasteiger partial charge in [0.25, 0.3) is 5.91 Å². The number of rotatable bonds is 6. The van der Waals surface area contributed by atoms with Crippen molar-refractivity contribution in [3.8, 4) is 0 Å². The van der Waals surface area contributed by atoms with Gasteiger partial charge < -0.3 is 9.73 Å². The summed E-state index contributed by atoms with van der Waals surface area (Å²) in [5, 5.41) is 1.26. The van der Waals surface area contributed by atoms with Crippen LogP contribution in [0.3, 0.4) is 0 Å². The van der Waals surface area contributed by atoms with E-state index in [1.165, 1.54) is 36.6 Å². The highest BCUT2D eigenvalue weighted by molar-refractivity contribution is 7.91. The van der Waals surface area contributed by atoms with E-state index >= 15 is 0 Å². The molecule has 0 spiro atoms. The Balaban J connectivity index is 1.86. The second kappa shape index (κ2) is 7.71. The Morgan fingerprint density at radius 3 is 2.37 bits per heavy atom. The molecule has 0 fully saturated rings. The van der Waals surface area contributed by atoms with Gasteiger partial charge in [-0.15, -0.1) is 0 Å². The highest BCUT2D eigenvalue weighted by atomic mass is 32.2. The van der Waals surface area contributed by atoms with Gasteiger partial charge in [0.15, 0.2) is 9.84 Å². The lowest BCUT2D eigenvalue weighted by Crippen LogP contribution is -2.31. The van der Waals surface area contributed by atoms with Crippen LogP contribution >= 0.6 is 0 Å². The summed E-state index contributed by atoms with van der Waals surface area (Å²) in [5.41, 5.74) is 0.0624. The minimum Gasteiger partial charge on any atom is -0.468 e. The average Bonchev–Trinajstić information content (AvgIpc) is 3.16. The lowest BCUT2D eigenvalue weighted by atomic mass is 10.2. The van der Waals surface area contributed by atoms with E-state index in [-0.39, 0.29) is 22.8 Å². The summed E-state index contributed by atoms with van der Waals surface area (Å²) < 4.78 is 57.5. The van der Waals surface area contributed by atoms with E-state index in [1.54, 1.807) is 0 Å². The summed E-state index contributed by atoms with van der Waals surface area (Å²) in [4.78, 5) is 12.1. The topological polar surface area (TPSA) is 76.4 Å². The van der Waals surface area contributed by atoms with Gasteiger partial charge in [0.2, 0.25) is 0 Å². The Bertz CT molecular complexity index is 1030. The highest BCUT2D eigenvalue weighted by Crippen LogP contribution is 2.29. The van der Waals surface area contributed by atoms with Crippen LogP contribution in [0, 0.1) is 11.6 Å². The number of furan rings is 1. The van der Waals surface area contributed by atoms with Crippen molar-refractivity contribution in [2.75, 3.05) is 6.54 Å². The largest absolute Gasteiger partial charge is 0.468 e. The normalized spacial score (nSPS) is 12.5. The van der Waals surface area contributed by atoms with Crippen LogP contribution in [0.15, 0.2) is 76.2 Å². The quantitative estimate of drug-likeness (QED) is 0.653. The van der Waals surface area contributed by atoms with Crippen LogP contribution < -0.4 is 5.32 Å². The first-order valence-electron chi connectivity index (χ1n) is 7.94. The number of benzene rings is 2. The summed E-state index contributed by atoms with van der Waals surface area (Å²) in [7, 11) is -3.98. The van der Waals surface area contributed by atoms with Crippen LogP contribution in [-0.2, 0) is 9.84 Å². The molecular weight excluding hydrogens is 376 g/mol. The first-order chi connectivity index (χ1) is 12.9. The number of nitrogens with one attached hydrogen (secondary N) is 1. The maximum absolute atomic E-state index is 13.3. The van der Waals surface area contributed by atoms with E-state index in [0.717, 1.165) is 30.3 Å². The van der Waals surface area contributed by atoms with E-state index in [1.807, 2.05) is 0 Å². The molecule has 140 valence electrons. The van der Waals surface area contributed by atoms with E-state index in [4.69, 9.17) is 4.42 Å². The molecule has 5 nitrogen and oxygen atoms in total. The van der Waals surface area contributed by atoms with E-state index in [9.17, 15) is 22.0 Å². The Morgan fingerprint density at radius 1 is 1.00 bits per heavy atom. The van der Waals surface area contributed by atoms with Crippen LogP contribution in [0.5, 0.6) is 0 Å². The Kier molecular flexibility index (Phi) is 5.36. The second-order valence-electron chi connectivity index (χ2n) is 5.72. The van der Waals surface area contributed by atoms with Crippen LogP contribution in [0.1, 0.15) is 21.4 Å². The van der Waals surface area contributed by atoms with Gasteiger partial charge in [-0.2, -0.15) is 0 Å². The number of carbonyl (C=O) groups excluding carboxylic acids is 1. The molecule has 0 saturated heterocycles. The van der Waals surface area contributed by atoms with Crippen LogP contribution in [-0.4, -0.2) is 20.9 Å². The predicted octanol–water partition coefficient (Wildman–Crippen LogP) is 3.50. The van der Waals surface area contributed by atoms with Crippen molar-refractivity contribution in [2.24, 2.45) is 0 Å². The van der Waals surface area contributed by atoms with Crippen molar-refractivity contribution < 1.29 is 26.4 Å². The average molecular weight is 391 g/mol. The molecule has 0 aliphatic carbocycles. The Labute approximate surface area is 154 Å². The number of amides is 1. The summed E-state index contributed by atoms with van der Waals surface area (Å²) in [6.45, 7) is -0.303. The molecule has 1 heterocycles. The molecule has 1 amide bonds. The van der Waals surface area contributed by atoms with Crippen LogP contribution in [0.2, 0.25) is 0 Å². The molecule has 1 aromatic heterocycles. The zero-order valence-corrected chi connectivity index (χ0v) is 14.7. The lowest BCUT2D eigenvalue weighted by molar-refractivity contribution is 0.0952. The standard InChI is InChI=1S/C19H15F2NO4S/c20-14-6-8-16(9-7-14)27(24,25)18(17-5-2-10-26-17)12-22-19(23)13-3-1-4-15(21)11-13/h1-11,18H,12H2,(H,22,23)/t18-/m0/s1. The van der Waals surface area contributed by atoms with Crippen LogP contribution in [0.25, 0.3) is 0 Å². The molecule has 8 heteroatoms. The fourth-order valence-corrected chi connectivity index (χ4v) is 4.13. The number of halogens is 2. The predicted molar refractivity (Wildman–Crippen MR) is 93.8 cm³/mol. The van der Waals surface area contributed by atoms with Gasteiger partial charge in [0.05, 0.1) is 11.2 Å². The van der Waals surface area contributed by atoms with E-state index < -0.39 is 32.6 Å². The number of hydrogen-bond acceptors (Lipinski definition) is 4. The second-order valence-corrected chi connectivity index (χ2v) is 7.85. The molecule has 2 aromatic carbocycles. The third kappa shape index (κ3) is 4.22. The maximum atomic E-state index is 13.3. The van der Waals surface area contributed by atoms with Crippen molar-refractivity contribution in [1.82, 2.24) is 5.32 Å². The first kappa shape index (κ1) is 18.8. The van der Waals surface area contributed by atoms with Gasteiger partial charge in [-0.3, -0.25) is 4.79 Å². The minimum atomic E-state index is -3.98. The third-order valence-corrected chi connectivity index (χ3v) is 5.99. The monoisotopic (exact) mass is 391 g/mol. The lowest BCUT2D eigenvalue weighted by Gasteiger charge is -2.17. The Morgan fingerprint density at radius 2 is 1.74 bits per heavy atom. The highest BCUT2D eigenvalue weighted by Gasteiger charge is 2.32. The molecule has 0 unspecified atom stereocenters. The maximum Gasteiger partial charge on any atom is 0.251 e. The zero-order chi connectivity index (χ0) is 19.4. The fraction of sp³-hybridized carbons (Fsp3) is 0.105. The Hall–Kier alpha value is -3.00. The van der Waals surface area contributed by atoms with Crippen molar-refractivity contribution in [3.63, 3.8) is 0 Å². The first-order valence-corrected chi connectivity index (χ1v) is 9.49. The SMILES string of the molecule is O=C(NC[C@@H](c1ccco1)S(=O)(=O)c1ccc(F)cc1)c1cccc(F)c1. The minimum absolute atomic E-state index is 0.0624. The smallest absolute Gasteiger partial charge is 0.251 e. The molecule has 0 bridgehead atoms. The van der Waals surface area contributed by atoms with Gasteiger partial charge in [-0.05, 0) is 54.6 Å². The van der Waals surface area contributed by atoms with Gasteiger partial charge in [0, 0.05) is 12.1 Å². The number of sulfone groups is 1. The molecule has 1 N–H and O–H groups in total. The fourth-order valence-electron chi connectivity index (χ4n) is 2.54. The molecule has 3 rings (SSSR count). The van der Waals surface area contributed by atoms with Gasteiger partial charge in [-0.25, -0.2) is 17.2 Å². The van der Waals surface area contributed by atoms with Crippen LogP contribution in [0.4, 0.5) is 8.78 Å². The summed E-state index contributed by atoms with van der Waals surface area (Å²) in [6, 6.07) is 12.4. The summed E-state index contributed by atoms with van der Waals surface area (Å²) in [6.07, 6.45) is 1.32. The molecule has 0 radical (unpaired) electrons. The molecule has 0 saturated carbocycles. The molecule has 1 atom stereocenters. The van der Waals surface area contributed by atoms with Gasteiger partial charge in [-0.1, -0.05) is 6.07 Å². The molecule has 27 heavy (non-hydrogen) atoms. The van der Waals surface area contributed by atoms with Gasteiger partial charge >= 0.3 is 0 Å². The molecule has 0 aliphatic heterocycles. The number of hydrogen-bond donors (Lipinski definition) is 1. The molecule has 3 aromatic rings. The molecular formula is C19H15F2NO4S. The van der Waals surface area contributed by atoms with E-state index in [0.29, 0.717) is 0 Å². The number of carbonyl (C=O) groups is 1. The summed E-state index contributed by atoms with van der Waals surface area (Å²) in [5.74, 6) is -1.65. The third-order valence-electron chi connectivity index (χ3n) is 3.91. The zero-order valence-electron chi connectivity index (χ0n) is 13.9. The van der Waals surface area contributed by atoms with Crippen molar-refractivity contribution in [2.45, 2.75) is 10.1 Å². The van der Waals surface area contributed by atoms with Crippen molar-refractivity contribution >= 4 is 15.7 Å². The van der Waals surface area contributed by atoms with Crippen molar-refractivity contribution in [1.29, 1.82) is 0 Å². The van der Waals surface area contributed by atoms with Gasteiger partial charge in [0.1, 0.15) is 22.6 Å². The van der Waals surface area contributed by atoms with E-state index in [2.05, 4.69) is 5.32 Å². The molecule has 0 aliphatic rings.